The van der Waals surface area contributed by atoms with Crippen molar-refractivity contribution >= 4 is 5.91 Å². The van der Waals surface area contributed by atoms with E-state index < -0.39 is 0 Å². The molecule has 1 aliphatic heterocycles. The van der Waals surface area contributed by atoms with E-state index in [1.165, 1.54) is 5.56 Å². The van der Waals surface area contributed by atoms with E-state index in [0.29, 0.717) is 18.3 Å². The zero-order valence-corrected chi connectivity index (χ0v) is 12.0. The van der Waals surface area contributed by atoms with Crippen LogP contribution in [0.4, 0.5) is 0 Å². The maximum atomic E-state index is 12.1. The number of rotatable bonds is 5. The predicted octanol–water partition coefficient (Wildman–Crippen LogP) is 0.915. The molecule has 6 heteroatoms. The smallest absolute Gasteiger partial charge is 0.273 e. The molecule has 0 atom stereocenters. The third kappa shape index (κ3) is 2.95. The summed E-state index contributed by atoms with van der Waals surface area (Å²) in [6, 6.07) is 8.44. The molecule has 1 aromatic heterocycles. The van der Waals surface area contributed by atoms with E-state index in [-0.39, 0.29) is 5.91 Å². The summed E-state index contributed by atoms with van der Waals surface area (Å²) in [6.45, 7) is 4.39. The molecule has 0 aliphatic carbocycles. The van der Waals surface area contributed by atoms with Gasteiger partial charge >= 0.3 is 0 Å². The minimum atomic E-state index is -0.181. The van der Waals surface area contributed by atoms with Crippen molar-refractivity contribution in [2.75, 3.05) is 13.1 Å². The van der Waals surface area contributed by atoms with Crippen molar-refractivity contribution in [2.45, 2.75) is 25.9 Å². The summed E-state index contributed by atoms with van der Waals surface area (Å²) in [5.41, 5.74) is 2.77. The molecule has 1 fully saturated rings. The zero-order valence-electron chi connectivity index (χ0n) is 12.0. The molecule has 1 aromatic carbocycles. The van der Waals surface area contributed by atoms with Gasteiger partial charge in [0.2, 0.25) is 0 Å². The zero-order chi connectivity index (χ0) is 14.7. The van der Waals surface area contributed by atoms with Gasteiger partial charge in [-0.3, -0.25) is 4.79 Å². The number of hydrogen-bond donors (Lipinski definition) is 2. The summed E-state index contributed by atoms with van der Waals surface area (Å²) in [7, 11) is 0. The Kier molecular flexibility index (Phi) is 3.96. The quantitative estimate of drug-likeness (QED) is 0.857. The van der Waals surface area contributed by atoms with Crippen LogP contribution in [0, 0.1) is 0 Å². The minimum Gasteiger partial charge on any atom is -0.347 e. The molecule has 2 aromatic rings. The summed E-state index contributed by atoms with van der Waals surface area (Å²) in [4.78, 5) is 12.1. The van der Waals surface area contributed by atoms with E-state index in [1.807, 2.05) is 18.2 Å². The average molecular weight is 285 g/mol. The van der Waals surface area contributed by atoms with Crippen LogP contribution in [-0.2, 0) is 13.0 Å². The molecule has 0 spiro atoms. The fourth-order valence-electron chi connectivity index (χ4n) is 2.36. The lowest BCUT2D eigenvalue weighted by atomic mass is 10.1. The van der Waals surface area contributed by atoms with E-state index in [9.17, 15) is 4.79 Å². The summed E-state index contributed by atoms with van der Waals surface area (Å²) in [5, 5.41) is 14.0. The standard InChI is InChI=1S/C15H19N5O/c1-2-11-5-3-4-6-12(11)7-17-15(21)14-10-20(19-18-14)13-8-16-9-13/h3-6,10,13,16H,2,7-9H2,1H3,(H,17,21). The van der Waals surface area contributed by atoms with Gasteiger partial charge in [-0.25, -0.2) is 4.68 Å². The minimum absolute atomic E-state index is 0.181. The number of carbonyl (C=O) groups is 1. The Labute approximate surface area is 123 Å². The number of aromatic nitrogens is 3. The van der Waals surface area contributed by atoms with Crippen LogP contribution in [0.25, 0.3) is 0 Å². The molecule has 1 amide bonds. The van der Waals surface area contributed by atoms with Crippen molar-refractivity contribution in [3.05, 3.63) is 47.3 Å². The topological polar surface area (TPSA) is 71.8 Å². The number of hydrogen-bond acceptors (Lipinski definition) is 4. The van der Waals surface area contributed by atoms with Crippen molar-refractivity contribution in [2.24, 2.45) is 0 Å². The fourth-order valence-corrected chi connectivity index (χ4v) is 2.36. The highest BCUT2D eigenvalue weighted by Gasteiger charge is 2.21. The first kappa shape index (κ1) is 13.8. The molecule has 0 bridgehead atoms. The molecule has 1 saturated heterocycles. The molecule has 0 saturated carbocycles. The second-order valence-electron chi connectivity index (χ2n) is 5.20. The molecular weight excluding hydrogens is 266 g/mol. The van der Waals surface area contributed by atoms with Gasteiger partial charge in [-0.05, 0) is 17.5 Å². The molecule has 21 heavy (non-hydrogen) atoms. The van der Waals surface area contributed by atoms with Gasteiger partial charge in [0.05, 0.1) is 12.2 Å². The van der Waals surface area contributed by atoms with Crippen molar-refractivity contribution in [1.82, 2.24) is 25.6 Å². The lowest BCUT2D eigenvalue weighted by Crippen LogP contribution is -2.43. The van der Waals surface area contributed by atoms with Gasteiger partial charge in [-0.2, -0.15) is 0 Å². The Morgan fingerprint density at radius 3 is 2.81 bits per heavy atom. The highest BCUT2D eigenvalue weighted by molar-refractivity contribution is 5.91. The molecule has 0 radical (unpaired) electrons. The monoisotopic (exact) mass is 285 g/mol. The van der Waals surface area contributed by atoms with Crippen LogP contribution in [0.2, 0.25) is 0 Å². The van der Waals surface area contributed by atoms with E-state index in [4.69, 9.17) is 0 Å². The van der Waals surface area contributed by atoms with Crippen LogP contribution in [0.15, 0.2) is 30.5 Å². The number of aryl methyl sites for hydroxylation is 1. The summed E-state index contributed by atoms with van der Waals surface area (Å²) in [6.07, 6.45) is 2.67. The van der Waals surface area contributed by atoms with Crippen LogP contribution in [0.5, 0.6) is 0 Å². The Morgan fingerprint density at radius 2 is 2.14 bits per heavy atom. The third-order valence-corrected chi connectivity index (χ3v) is 3.82. The summed E-state index contributed by atoms with van der Waals surface area (Å²) >= 11 is 0. The van der Waals surface area contributed by atoms with E-state index in [1.54, 1.807) is 10.9 Å². The lowest BCUT2D eigenvalue weighted by molar-refractivity contribution is 0.0945. The number of amides is 1. The van der Waals surface area contributed by atoms with E-state index >= 15 is 0 Å². The Morgan fingerprint density at radius 1 is 1.38 bits per heavy atom. The molecule has 1 aliphatic rings. The van der Waals surface area contributed by atoms with Gasteiger partial charge in [-0.1, -0.05) is 36.4 Å². The number of nitrogens with one attached hydrogen (secondary N) is 2. The van der Waals surface area contributed by atoms with Crippen LogP contribution in [-0.4, -0.2) is 34.0 Å². The fraction of sp³-hybridized carbons (Fsp3) is 0.400. The third-order valence-electron chi connectivity index (χ3n) is 3.82. The SMILES string of the molecule is CCc1ccccc1CNC(=O)c1cn(C2CNC2)nn1. The molecule has 110 valence electrons. The average Bonchev–Trinajstić information content (AvgIpc) is 2.92. The van der Waals surface area contributed by atoms with Crippen LogP contribution in [0.3, 0.4) is 0 Å². The lowest BCUT2D eigenvalue weighted by Gasteiger charge is -2.26. The Balaban J connectivity index is 1.62. The van der Waals surface area contributed by atoms with Gasteiger partial charge < -0.3 is 10.6 Å². The van der Waals surface area contributed by atoms with Crippen molar-refractivity contribution in [3.63, 3.8) is 0 Å². The molecule has 2 N–H and O–H groups in total. The van der Waals surface area contributed by atoms with Gasteiger partial charge in [0.25, 0.3) is 5.91 Å². The second-order valence-corrected chi connectivity index (χ2v) is 5.20. The normalized spacial score (nSPS) is 14.7. The van der Waals surface area contributed by atoms with Crippen molar-refractivity contribution < 1.29 is 4.79 Å². The van der Waals surface area contributed by atoms with E-state index in [0.717, 1.165) is 25.1 Å². The molecule has 3 rings (SSSR count). The van der Waals surface area contributed by atoms with Gasteiger partial charge in [0.1, 0.15) is 0 Å². The van der Waals surface area contributed by atoms with Crippen LogP contribution < -0.4 is 10.6 Å². The number of carbonyl (C=O) groups excluding carboxylic acids is 1. The van der Waals surface area contributed by atoms with Gasteiger partial charge in [0, 0.05) is 19.6 Å². The Bertz CT molecular complexity index is 632. The van der Waals surface area contributed by atoms with Crippen molar-refractivity contribution in [3.8, 4) is 0 Å². The maximum absolute atomic E-state index is 12.1. The largest absolute Gasteiger partial charge is 0.347 e. The van der Waals surface area contributed by atoms with Crippen LogP contribution in [0.1, 0.15) is 34.6 Å². The predicted molar refractivity (Wildman–Crippen MR) is 78.9 cm³/mol. The first-order valence-corrected chi connectivity index (χ1v) is 7.25. The number of nitrogens with zero attached hydrogens (tertiary/aromatic N) is 3. The second kappa shape index (κ2) is 6.05. The molecular formula is C15H19N5O. The van der Waals surface area contributed by atoms with Gasteiger partial charge in [-0.15, -0.1) is 5.10 Å². The van der Waals surface area contributed by atoms with Crippen molar-refractivity contribution in [1.29, 1.82) is 0 Å². The highest BCUT2D eigenvalue weighted by Crippen LogP contribution is 2.11. The Hall–Kier alpha value is -2.21. The van der Waals surface area contributed by atoms with Crippen LogP contribution >= 0.6 is 0 Å². The first-order valence-electron chi connectivity index (χ1n) is 7.25. The highest BCUT2D eigenvalue weighted by atomic mass is 16.2. The molecule has 2 heterocycles. The van der Waals surface area contributed by atoms with Gasteiger partial charge in [0.15, 0.2) is 5.69 Å². The molecule has 6 nitrogen and oxygen atoms in total. The molecule has 0 unspecified atom stereocenters. The first-order chi connectivity index (χ1) is 10.3. The summed E-state index contributed by atoms with van der Waals surface area (Å²) < 4.78 is 1.76. The van der Waals surface area contributed by atoms with E-state index in [2.05, 4.69) is 33.9 Å². The maximum Gasteiger partial charge on any atom is 0.273 e. The number of benzene rings is 1. The summed E-state index contributed by atoms with van der Waals surface area (Å²) in [5.74, 6) is -0.181.